The Kier molecular flexibility index (Phi) is 3.97. The van der Waals surface area contributed by atoms with Gasteiger partial charge in [0.2, 0.25) is 0 Å². The summed E-state index contributed by atoms with van der Waals surface area (Å²) in [6.45, 7) is 7.06. The third kappa shape index (κ3) is 2.70. The van der Waals surface area contributed by atoms with E-state index in [0.717, 1.165) is 28.2 Å². The molecule has 0 fully saturated rings. The van der Waals surface area contributed by atoms with E-state index in [1.165, 1.54) is 11.1 Å². The number of aromatic nitrogens is 2. The quantitative estimate of drug-likeness (QED) is 0.933. The second-order valence-corrected chi connectivity index (χ2v) is 5.01. The van der Waals surface area contributed by atoms with Crippen LogP contribution < -0.4 is 5.32 Å². The molecule has 0 bridgehead atoms. The van der Waals surface area contributed by atoms with E-state index in [9.17, 15) is 0 Å². The molecule has 0 saturated carbocycles. The number of halogens is 1. The summed E-state index contributed by atoms with van der Waals surface area (Å²) in [6, 6.07) is 6.08. The van der Waals surface area contributed by atoms with E-state index in [0.29, 0.717) is 0 Å². The van der Waals surface area contributed by atoms with E-state index >= 15 is 0 Å². The van der Waals surface area contributed by atoms with Crippen LogP contribution in [0, 0.1) is 13.8 Å². The van der Waals surface area contributed by atoms with Crippen LogP contribution in [0.3, 0.4) is 0 Å². The summed E-state index contributed by atoms with van der Waals surface area (Å²) < 4.78 is 1.15. The van der Waals surface area contributed by atoms with Gasteiger partial charge in [-0.05, 0) is 50.1 Å². The first kappa shape index (κ1) is 13.0. The second kappa shape index (κ2) is 5.48. The van der Waals surface area contributed by atoms with Crippen LogP contribution >= 0.6 is 15.9 Å². The zero-order valence-electron chi connectivity index (χ0n) is 10.8. The summed E-state index contributed by atoms with van der Waals surface area (Å²) in [4.78, 5) is 8.84. The van der Waals surface area contributed by atoms with Gasteiger partial charge in [0, 0.05) is 22.8 Å². The Hall–Kier alpha value is -1.42. The van der Waals surface area contributed by atoms with E-state index in [2.05, 4.69) is 64.1 Å². The molecular weight excluding hydrogens is 290 g/mol. The van der Waals surface area contributed by atoms with Gasteiger partial charge in [0.05, 0.1) is 0 Å². The van der Waals surface area contributed by atoms with Crippen molar-refractivity contribution in [2.75, 3.05) is 11.9 Å². The molecule has 0 saturated heterocycles. The van der Waals surface area contributed by atoms with Crippen molar-refractivity contribution in [3.05, 3.63) is 40.0 Å². The topological polar surface area (TPSA) is 37.8 Å². The van der Waals surface area contributed by atoms with Crippen LogP contribution in [0.4, 0.5) is 5.82 Å². The minimum Gasteiger partial charge on any atom is -0.370 e. The number of benzene rings is 1. The van der Waals surface area contributed by atoms with Crippen molar-refractivity contribution < 1.29 is 0 Å². The molecule has 0 aliphatic heterocycles. The molecule has 0 aliphatic carbocycles. The molecule has 0 radical (unpaired) electrons. The molecule has 3 nitrogen and oxygen atoms in total. The van der Waals surface area contributed by atoms with Crippen molar-refractivity contribution in [3.8, 4) is 11.4 Å². The largest absolute Gasteiger partial charge is 0.370 e. The van der Waals surface area contributed by atoms with Crippen molar-refractivity contribution >= 4 is 21.7 Å². The molecule has 4 heteroatoms. The molecule has 0 spiro atoms. The summed E-state index contributed by atoms with van der Waals surface area (Å²) >= 11 is 3.57. The van der Waals surface area contributed by atoms with Gasteiger partial charge < -0.3 is 5.32 Å². The molecule has 1 N–H and O–H groups in total. The van der Waals surface area contributed by atoms with Crippen LogP contribution in [-0.4, -0.2) is 16.5 Å². The second-order valence-electron chi connectivity index (χ2n) is 4.22. The Bertz CT molecular complexity index is 544. The minimum absolute atomic E-state index is 0.757. The third-order valence-electron chi connectivity index (χ3n) is 2.71. The van der Waals surface area contributed by atoms with Crippen LogP contribution in [0.2, 0.25) is 0 Å². The number of anilines is 1. The molecule has 2 aromatic rings. The van der Waals surface area contributed by atoms with Crippen LogP contribution in [0.15, 0.2) is 28.9 Å². The lowest BCUT2D eigenvalue weighted by atomic mass is 10.1. The minimum atomic E-state index is 0.757. The Balaban J connectivity index is 2.45. The van der Waals surface area contributed by atoms with Crippen molar-refractivity contribution in [1.82, 2.24) is 9.97 Å². The maximum atomic E-state index is 4.51. The molecule has 18 heavy (non-hydrogen) atoms. The lowest BCUT2D eigenvalue weighted by Gasteiger charge is -2.08. The summed E-state index contributed by atoms with van der Waals surface area (Å²) in [5, 5.41) is 3.20. The highest BCUT2D eigenvalue weighted by molar-refractivity contribution is 9.10. The van der Waals surface area contributed by atoms with E-state index in [4.69, 9.17) is 0 Å². The van der Waals surface area contributed by atoms with Gasteiger partial charge in [-0.2, -0.15) is 0 Å². The van der Waals surface area contributed by atoms with Crippen molar-refractivity contribution in [1.29, 1.82) is 0 Å². The van der Waals surface area contributed by atoms with Gasteiger partial charge in [-0.1, -0.05) is 15.9 Å². The molecule has 0 amide bonds. The summed E-state index contributed by atoms with van der Waals surface area (Å²) in [7, 11) is 0. The highest BCUT2D eigenvalue weighted by Crippen LogP contribution is 2.27. The maximum absolute atomic E-state index is 4.51. The highest BCUT2D eigenvalue weighted by atomic mass is 79.9. The summed E-state index contributed by atoms with van der Waals surface area (Å²) in [6.07, 6.45) is 1.78. The van der Waals surface area contributed by atoms with Crippen molar-refractivity contribution in [2.24, 2.45) is 0 Å². The Labute approximate surface area is 116 Å². The van der Waals surface area contributed by atoms with Gasteiger partial charge in [0.25, 0.3) is 0 Å². The Morgan fingerprint density at radius 1 is 1.22 bits per heavy atom. The highest BCUT2D eigenvalue weighted by Gasteiger charge is 2.07. The predicted octanol–water partition coefficient (Wildman–Crippen LogP) is 3.95. The van der Waals surface area contributed by atoms with Crippen molar-refractivity contribution in [2.45, 2.75) is 20.8 Å². The standard InChI is InChI=1S/C14H16BrN3/c1-4-16-12-5-6-17-14(18-12)11-7-9(2)13(15)10(3)8-11/h5-8H,4H2,1-3H3,(H,16,17,18). The Morgan fingerprint density at radius 3 is 2.50 bits per heavy atom. The van der Waals surface area contributed by atoms with Crippen LogP contribution in [-0.2, 0) is 0 Å². The van der Waals surface area contributed by atoms with Gasteiger partial charge in [0.15, 0.2) is 5.82 Å². The number of nitrogens with one attached hydrogen (secondary N) is 1. The molecule has 2 rings (SSSR count). The molecule has 94 valence electrons. The number of nitrogens with zero attached hydrogens (tertiary/aromatic N) is 2. The van der Waals surface area contributed by atoms with E-state index in [1.807, 2.05) is 6.07 Å². The van der Waals surface area contributed by atoms with Gasteiger partial charge in [0.1, 0.15) is 5.82 Å². The van der Waals surface area contributed by atoms with E-state index < -0.39 is 0 Å². The third-order valence-corrected chi connectivity index (χ3v) is 3.96. The lowest BCUT2D eigenvalue weighted by molar-refractivity contribution is 1.11. The zero-order chi connectivity index (χ0) is 13.1. The molecule has 1 aromatic carbocycles. The lowest BCUT2D eigenvalue weighted by Crippen LogP contribution is -2.01. The van der Waals surface area contributed by atoms with Crippen LogP contribution in [0.25, 0.3) is 11.4 Å². The molecule has 0 unspecified atom stereocenters. The molecule has 0 atom stereocenters. The van der Waals surface area contributed by atoms with E-state index in [1.54, 1.807) is 6.20 Å². The fourth-order valence-corrected chi connectivity index (χ4v) is 2.08. The van der Waals surface area contributed by atoms with Crippen molar-refractivity contribution in [3.63, 3.8) is 0 Å². The zero-order valence-corrected chi connectivity index (χ0v) is 12.4. The average Bonchev–Trinajstić information content (AvgIpc) is 2.36. The molecular formula is C14H16BrN3. The average molecular weight is 306 g/mol. The Morgan fingerprint density at radius 2 is 1.89 bits per heavy atom. The first-order valence-corrected chi connectivity index (χ1v) is 6.75. The molecule has 0 aliphatic rings. The molecule has 1 aromatic heterocycles. The van der Waals surface area contributed by atoms with Gasteiger partial charge in [-0.15, -0.1) is 0 Å². The first-order valence-electron chi connectivity index (χ1n) is 5.96. The summed E-state index contributed by atoms with van der Waals surface area (Å²) in [5.74, 6) is 1.62. The normalized spacial score (nSPS) is 10.4. The number of aryl methyl sites for hydroxylation is 2. The molecule has 1 heterocycles. The smallest absolute Gasteiger partial charge is 0.161 e. The number of hydrogen-bond donors (Lipinski definition) is 1. The fraction of sp³-hybridized carbons (Fsp3) is 0.286. The van der Waals surface area contributed by atoms with Gasteiger partial charge in [-0.3, -0.25) is 0 Å². The monoisotopic (exact) mass is 305 g/mol. The van der Waals surface area contributed by atoms with Crippen LogP contribution in [0.1, 0.15) is 18.1 Å². The first-order chi connectivity index (χ1) is 8.61. The number of rotatable bonds is 3. The summed E-state index contributed by atoms with van der Waals surface area (Å²) in [5.41, 5.74) is 3.44. The van der Waals surface area contributed by atoms with Gasteiger partial charge in [-0.25, -0.2) is 9.97 Å². The number of hydrogen-bond acceptors (Lipinski definition) is 3. The van der Waals surface area contributed by atoms with Crippen LogP contribution in [0.5, 0.6) is 0 Å². The van der Waals surface area contributed by atoms with E-state index in [-0.39, 0.29) is 0 Å². The predicted molar refractivity (Wildman–Crippen MR) is 78.8 cm³/mol. The SMILES string of the molecule is CCNc1ccnc(-c2cc(C)c(Br)c(C)c2)n1. The fourth-order valence-electron chi connectivity index (χ4n) is 1.85. The maximum Gasteiger partial charge on any atom is 0.161 e. The van der Waals surface area contributed by atoms with Gasteiger partial charge >= 0.3 is 0 Å².